The maximum Gasteiger partial charge on any atom is 0.434 e. The van der Waals surface area contributed by atoms with Crippen molar-refractivity contribution >= 4 is 11.3 Å². The maximum absolute atomic E-state index is 12.3. The average Bonchev–Trinajstić information content (AvgIpc) is 2.63. The minimum atomic E-state index is -4.37. The first-order chi connectivity index (χ1) is 6.86. The van der Waals surface area contributed by atoms with Crippen molar-refractivity contribution in [2.24, 2.45) is 11.7 Å². The number of thiazole rings is 1. The van der Waals surface area contributed by atoms with E-state index < -0.39 is 17.9 Å². The van der Waals surface area contributed by atoms with Crippen LogP contribution in [0.1, 0.15) is 37.0 Å². The largest absolute Gasteiger partial charge is 0.434 e. The lowest BCUT2D eigenvalue weighted by Gasteiger charge is -2.15. The van der Waals surface area contributed by atoms with Crippen molar-refractivity contribution in [3.63, 3.8) is 0 Å². The first kappa shape index (κ1) is 12.4. The summed E-state index contributed by atoms with van der Waals surface area (Å²) in [5.41, 5.74) is 4.94. The van der Waals surface area contributed by atoms with Crippen molar-refractivity contribution in [1.82, 2.24) is 4.98 Å². The van der Waals surface area contributed by atoms with Crippen LogP contribution in [0.5, 0.6) is 0 Å². The highest BCUT2D eigenvalue weighted by atomic mass is 32.1. The molecular weight excluding hydrogens is 225 g/mol. The van der Waals surface area contributed by atoms with E-state index in [2.05, 4.69) is 4.98 Å². The van der Waals surface area contributed by atoms with Crippen LogP contribution >= 0.6 is 11.3 Å². The molecule has 2 nitrogen and oxygen atoms in total. The Kier molecular flexibility index (Phi) is 3.72. The standard InChI is InChI=1S/C9H13F3N2S/c1-3-5(2)7(13)8-14-6(4-15-8)9(10,11)12/h4-5,7H,3,13H2,1-2H3/t5-,7-/m0/s1. The third-order valence-electron chi connectivity index (χ3n) is 2.35. The molecule has 2 atom stereocenters. The van der Waals surface area contributed by atoms with E-state index in [0.717, 1.165) is 23.1 Å². The van der Waals surface area contributed by atoms with Gasteiger partial charge in [-0.25, -0.2) is 4.98 Å². The highest BCUT2D eigenvalue weighted by Gasteiger charge is 2.34. The fraction of sp³-hybridized carbons (Fsp3) is 0.667. The number of hydrogen-bond acceptors (Lipinski definition) is 3. The summed E-state index contributed by atoms with van der Waals surface area (Å²) in [6, 6.07) is -0.406. The van der Waals surface area contributed by atoms with Crippen LogP contribution < -0.4 is 5.73 Å². The van der Waals surface area contributed by atoms with Gasteiger partial charge in [-0.15, -0.1) is 11.3 Å². The summed E-state index contributed by atoms with van der Waals surface area (Å²) in [6.07, 6.45) is -3.55. The summed E-state index contributed by atoms with van der Waals surface area (Å²) < 4.78 is 36.8. The van der Waals surface area contributed by atoms with Crippen LogP contribution in [0.15, 0.2) is 5.38 Å². The van der Waals surface area contributed by atoms with E-state index in [1.807, 2.05) is 13.8 Å². The third-order valence-corrected chi connectivity index (χ3v) is 3.30. The number of alkyl halides is 3. The molecule has 1 aromatic heterocycles. The Balaban J connectivity index is 2.85. The molecule has 86 valence electrons. The molecule has 0 fully saturated rings. The summed E-state index contributed by atoms with van der Waals surface area (Å²) in [4.78, 5) is 3.52. The van der Waals surface area contributed by atoms with Gasteiger partial charge in [0.15, 0.2) is 5.69 Å². The molecule has 0 amide bonds. The van der Waals surface area contributed by atoms with Crippen molar-refractivity contribution in [2.45, 2.75) is 32.5 Å². The fourth-order valence-corrected chi connectivity index (χ4v) is 2.03. The average molecular weight is 238 g/mol. The van der Waals surface area contributed by atoms with Crippen LogP contribution in [0.4, 0.5) is 13.2 Å². The molecule has 0 saturated carbocycles. The molecule has 0 aliphatic rings. The quantitative estimate of drug-likeness (QED) is 0.878. The Morgan fingerprint density at radius 3 is 2.53 bits per heavy atom. The maximum atomic E-state index is 12.3. The highest BCUT2D eigenvalue weighted by Crippen LogP contribution is 2.33. The van der Waals surface area contributed by atoms with Crippen molar-refractivity contribution < 1.29 is 13.2 Å². The molecule has 1 aromatic rings. The predicted octanol–water partition coefficient (Wildman–Crippen LogP) is 3.21. The second-order valence-corrected chi connectivity index (χ2v) is 4.37. The molecule has 6 heteroatoms. The topological polar surface area (TPSA) is 38.9 Å². The zero-order chi connectivity index (χ0) is 11.6. The summed E-state index contributed by atoms with van der Waals surface area (Å²) in [7, 11) is 0. The summed E-state index contributed by atoms with van der Waals surface area (Å²) in [6.45, 7) is 3.85. The molecule has 2 N–H and O–H groups in total. The summed E-state index contributed by atoms with van der Waals surface area (Å²) >= 11 is 0.972. The zero-order valence-electron chi connectivity index (χ0n) is 8.51. The van der Waals surface area contributed by atoms with E-state index in [1.165, 1.54) is 0 Å². The van der Waals surface area contributed by atoms with E-state index in [1.54, 1.807) is 0 Å². The Bertz CT molecular complexity index is 321. The van der Waals surface area contributed by atoms with Gasteiger partial charge in [-0.05, 0) is 5.92 Å². The van der Waals surface area contributed by atoms with Gasteiger partial charge in [-0.1, -0.05) is 20.3 Å². The molecule has 0 aromatic carbocycles. The Morgan fingerprint density at radius 2 is 2.13 bits per heavy atom. The number of nitrogens with two attached hydrogens (primary N) is 1. The number of rotatable bonds is 3. The molecule has 0 aliphatic carbocycles. The molecule has 0 radical (unpaired) electrons. The van der Waals surface area contributed by atoms with Crippen molar-refractivity contribution in [3.05, 3.63) is 16.1 Å². The first-order valence-corrected chi connectivity index (χ1v) is 5.52. The molecule has 0 bridgehead atoms. The van der Waals surface area contributed by atoms with Crippen LogP contribution in [0.3, 0.4) is 0 Å². The third kappa shape index (κ3) is 2.92. The predicted molar refractivity (Wildman–Crippen MR) is 53.5 cm³/mol. The molecule has 0 saturated heterocycles. The lowest BCUT2D eigenvalue weighted by Crippen LogP contribution is -2.18. The lowest BCUT2D eigenvalue weighted by atomic mass is 10.0. The molecule has 15 heavy (non-hydrogen) atoms. The van der Waals surface area contributed by atoms with Crippen LogP contribution in [0, 0.1) is 5.92 Å². The molecule has 0 unspecified atom stereocenters. The van der Waals surface area contributed by atoms with E-state index in [4.69, 9.17) is 5.73 Å². The lowest BCUT2D eigenvalue weighted by molar-refractivity contribution is -0.140. The van der Waals surface area contributed by atoms with Gasteiger partial charge in [0.25, 0.3) is 0 Å². The van der Waals surface area contributed by atoms with Crippen LogP contribution in [0.25, 0.3) is 0 Å². The first-order valence-electron chi connectivity index (χ1n) is 4.64. The molecule has 1 heterocycles. The van der Waals surface area contributed by atoms with Crippen molar-refractivity contribution in [1.29, 1.82) is 0 Å². The van der Waals surface area contributed by atoms with E-state index in [-0.39, 0.29) is 5.92 Å². The van der Waals surface area contributed by atoms with Gasteiger partial charge in [0.05, 0.1) is 6.04 Å². The Labute approximate surface area is 90.3 Å². The minimum Gasteiger partial charge on any atom is -0.322 e. The van der Waals surface area contributed by atoms with Crippen molar-refractivity contribution in [2.75, 3.05) is 0 Å². The van der Waals surface area contributed by atoms with Gasteiger partial charge in [0, 0.05) is 5.38 Å². The number of hydrogen-bond donors (Lipinski definition) is 1. The minimum absolute atomic E-state index is 0.136. The highest BCUT2D eigenvalue weighted by molar-refractivity contribution is 7.09. The van der Waals surface area contributed by atoms with Gasteiger partial charge >= 0.3 is 6.18 Å². The molecule has 0 spiro atoms. The van der Waals surface area contributed by atoms with Gasteiger partial charge in [-0.2, -0.15) is 13.2 Å². The van der Waals surface area contributed by atoms with Crippen LogP contribution in [-0.4, -0.2) is 4.98 Å². The van der Waals surface area contributed by atoms with E-state index in [0.29, 0.717) is 5.01 Å². The number of aromatic nitrogens is 1. The number of nitrogens with zero attached hydrogens (tertiary/aromatic N) is 1. The normalized spacial score (nSPS) is 16.4. The van der Waals surface area contributed by atoms with Gasteiger partial charge < -0.3 is 5.73 Å². The van der Waals surface area contributed by atoms with E-state index in [9.17, 15) is 13.2 Å². The number of halogens is 3. The summed E-state index contributed by atoms with van der Waals surface area (Å²) in [5, 5.41) is 1.37. The monoisotopic (exact) mass is 238 g/mol. The smallest absolute Gasteiger partial charge is 0.322 e. The van der Waals surface area contributed by atoms with Gasteiger partial charge in [0.1, 0.15) is 5.01 Å². The summed E-state index contributed by atoms with van der Waals surface area (Å²) in [5.74, 6) is 0.136. The van der Waals surface area contributed by atoms with Crippen LogP contribution in [0.2, 0.25) is 0 Å². The Hall–Kier alpha value is -0.620. The molecule has 1 rings (SSSR count). The van der Waals surface area contributed by atoms with Gasteiger partial charge in [-0.3, -0.25) is 0 Å². The molecule has 0 aliphatic heterocycles. The van der Waals surface area contributed by atoms with Crippen molar-refractivity contribution in [3.8, 4) is 0 Å². The van der Waals surface area contributed by atoms with Crippen LogP contribution in [-0.2, 0) is 6.18 Å². The second kappa shape index (κ2) is 4.49. The zero-order valence-corrected chi connectivity index (χ0v) is 9.32. The SMILES string of the molecule is CC[C@H](C)[C@H](N)c1nc(C(F)(F)F)cs1. The van der Waals surface area contributed by atoms with E-state index >= 15 is 0 Å². The fourth-order valence-electron chi connectivity index (χ4n) is 1.07. The van der Waals surface area contributed by atoms with Gasteiger partial charge in [0.2, 0.25) is 0 Å². The second-order valence-electron chi connectivity index (χ2n) is 3.48. The Morgan fingerprint density at radius 1 is 1.53 bits per heavy atom. The molecular formula is C9H13F3N2S.